The number of methoxy groups -OCH3 is 5. The Bertz CT molecular complexity index is 1310. The van der Waals surface area contributed by atoms with E-state index in [-0.39, 0.29) is 24.3 Å². The van der Waals surface area contributed by atoms with E-state index in [9.17, 15) is 9.59 Å². The fraction of sp³-hybridized carbons (Fsp3) is 0.438. The summed E-state index contributed by atoms with van der Waals surface area (Å²) in [4.78, 5) is 29.7. The van der Waals surface area contributed by atoms with Gasteiger partial charge >= 0.3 is 0 Å². The minimum atomic E-state index is -1.02. The first-order chi connectivity index (χ1) is 20.4. The van der Waals surface area contributed by atoms with Gasteiger partial charge in [0.2, 0.25) is 11.7 Å². The van der Waals surface area contributed by atoms with E-state index < -0.39 is 11.9 Å². The highest BCUT2D eigenvalue weighted by atomic mass is 16.5. The zero-order valence-electron chi connectivity index (χ0n) is 24.9. The molecule has 0 unspecified atom stereocenters. The van der Waals surface area contributed by atoms with E-state index in [2.05, 4.69) is 5.32 Å². The molecule has 2 amide bonds. The maximum atomic E-state index is 14.2. The third-order valence-electron chi connectivity index (χ3n) is 7.60. The molecule has 1 heterocycles. The van der Waals surface area contributed by atoms with Gasteiger partial charge in [0.1, 0.15) is 6.04 Å². The van der Waals surface area contributed by atoms with Crippen molar-refractivity contribution in [3.8, 4) is 28.7 Å². The number of hydrogen-bond donors (Lipinski definition) is 1. The van der Waals surface area contributed by atoms with Crippen LogP contribution in [0.25, 0.3) is 0 Å². The maximum Gasteiger partial charge on any atom is 0.290 e. The van der Waals surface area contributed by atoms with Crippen molar-refractivity contribution >= 4 is 11.8 Å². The summed E-state index contributed by atoms with van der Waals surface area (Å²) in [5.41, 5.74) is 1.42. The average molecular weight is 581 g/mol. The molecule has 0 saturated heterocycles. The van der Waals surface area contributed by atoms with Gasteiger partial charge < -0.3 is 38.3 Å². The van der Waals surface area contributed by atoms with E-state index in [0.717, 1.165) is 37.7 Å². The molecule has 2 aromatic carbocycles. The summed E-state index contributed by atoms with van der Waals surface area (Å²) in [5, 5.41) is 3.22. The minimum absolute atomic E-state index is 0.0298. The van der Waals surface area contributed by atoms with Crippen molar-refractivity contribution in [2.75, 3.05) is 42.1 Å². The molecule has 1 saturated carbocycles. The van der Waals surface area contributed by atoms with Gasteiger partial charge in [0.05, 0.1) is 41.8 Å². The zero-order chi connectivity index (χ0) is 30.1. The molecule has 1 aromatic heterocycles. The van der Waals surface area contributed by atoms with Gasteiger partial charge in [-0.25, -0.2) is 0 Å². The molecule has 10 heteroatoms. The third-order valence-corrected chi connectivity index (χ3v) is 7.60. The Morgan fingerprint density at radius 2 is 1.52 bits per heavy atom. The fourth-order valence-electron chi connectivity index (χ4n) is 5.43. The van der Waals surface area contributed by atoms with Gasteiger partial charge in [0, 0.05) is 12.6 Å². The number of rotatable bonds is 13. The van der Waals surface area contributed by atoms with E-state index in [1.54, 1.807) is 38.5 Å². The van der Waals surface area contributed by atoms with Crippen LogP contribution in [0.1, 0.15) is 59.8 Å². The lowest BCUT2D eigenvalue weighted by molar-refractivity contribution is -0.126. The number of hydrogen-bond acceptors (Lipinski definition) is 8. The predicted octanol–water partition coefficient (Wildman–Crippen LogP) is 5.20. The van der Waals surface area contributed by atoms with Crippen LogP contribution in [0.2, 0.25) is 0 Å². The normalized spacial score (nSPS) is 14.0. The molecule has 1 aliphatic rings. The minimum Gasteiger partial charge on any atom is -0.493 e. The Morgan fingerprint density at radius 1 is 0.857 bits per heavy atom. The topological polar surface area (TPSA) is 109 Å². The fourth-order valence-corrected chi connectivity index (χ4v) is 5.43. The number of benzene rings is 2. The molecule has 0 spiro atoms. The number of furan rings is 1. The van der Waals surface area contributed by atoms with Crippen LogP contribution in [0.4, 0.5) is 0 Å². The molecule has 226 valence electrons. The van der Waals surface area contributed by atoms with Crippen molar-refractivity contribution in [3.63, 3.8) is 0 Å². The van der Waals surface area contributed by atoms with Crippen LogP contribution < -0.4 is 29.0 Å². The molecular formula is C32H40N2O8. The predicted molar refractivity (Wildman–Crippen MR) is 157 cm³/mol. The van der Waals surface area contributed by atoms with Crippen molar-refractivity contribution < 1.29 is 37.7 Å². The lowest BCUT2D eigenvalue weighted by Crippen LogP contribution is -2.47. The van der Waals surface area contributed by atoms with Gasteiger partial charge in [-0.1, -0.05) is 25.3 Å². The smallest absolute Gasteiger partial charge is 0.290 e. The summed E-state index contributed by atoms with van der Waals surface area (Å²) in [6, 6.07) is 11.3. The van der Waals surface area contributed by atoms with Crippen molar-refractivity contribution in [2.45, 2.75) is 50.6 Å². The van der Waals surface area contributed by atoms with Gasteiger partial charge in [-0.3, -0.25) is 9.59 Å². The Kier molecular flexibility index (Phi) is 10.6. The van der Waals surface area contributed by atoms with Crippen LogP contribution >= 0.6 is 0 Å². The highest BCUT2D eigenvalue weighted by molar-refractivity contribution is 5.96. The molecule has 10 nitrogen and oxygen atoms in total. The van der Waals surface area contributed by atoms with Crippen LogP contribution in [-0.2, 0) is 11.2 Å². The van der Waals surface area contributed by atoms with E-state index >= 15 is 0 Å². The molecule has 1 N–H and O–H groups in total. The number of nitrogens with one attached hydrogen (secondary N) is 1. The molecule has 4 rings (SSSR count). The third kappa shape index (κ3) is 6.92. The molecule has 1 aliphatic carbocycles. The van der Waals surface area contributed by atoms with E-state index in [4.69, 9.17) is 28.1 Å². The quantitative estimate of drug-likeness (QED) is 0.294. The monoisotopic (exact) mass is 580 g/mol. The standard InChI is InChI=1S/C32H40N2O8/c1-37-24-14-13-21(18-26(24)38-2)15-16-34(32(36)25-12-9-17-42-25)29(31(35)33-23-10-7-6-8-11-23)22-19-27(39-3)30(41-5)28(20-22)40-4/h9,12-14,17-20,23,29H,6-8,10-11,15-16H2,1-5H3,(H,33,35)/t29-/m0/s1. The highest BCUT2D eigenvalue weighted by Gasteiger charge is 2.35. The number of nitrogens with zero attached hydrogens (tertiary/aromatic N) is 1. The van der Waals surface area contributed by atoms with Gasteiger partial charge in [-0.15, -0.1) is 0 Å². The number of carbonyl (C=O) groups is 2. The van der Waals surface area contributed by atoms with Crippen LogP contribution in [0.5, 0.6) is 28.7 Å². The SMILES string of the molecule is COc1ccc(CCN(C(=O)c2ccco2)[C@H](C(=O)NC2CCCCC2)c2cc(OC)c(OC)c(OC)c2)cc1OC. The zero-order valence-corrected chi connectivity index (χ0v) is 24.9. The summed E-state index contributed by atoms with van der Waals surface area (Å²) in [5.74, 6) is 1.76. The molecule has 0 bridgehead atoms. The van der Waals surface area contributed by atoms with Gasteiger partial charge in [0.25, 0.3) is 5.91 Å². The molecule has 1 atom stereocenters. The number of carbonyl (C=O) groups excluding carboxylic acids is 2. The first kappa shape index (κ1) is 30.6. The highest BCUT2D eigenvalue weighted by Crippen LogP contribution is 2.41. The molecule has 1 fully saturated rings. The summed E-state index contributed by atoms with van der Waals surface area (Å²) in [6.45, 7) is 0.203. The lowest BCUT2D eigenvalue weighted by atomic mass is 9.94. The second kappa shape index (κ2) is 14.5. The van der Waals surface area contributed by atoms with Crippen molar-refractivity contribution in [1.82, 2.24) is 10.2 Å². The lowest BCUT2D eigenvalue weighted by Gasteiger charge is -2.33. The number of amides is 2. The summed E-state index contributed by atoms with van der Waals surface area (Å²) in [7, 11) is 7.70. The first-order valence-corrected chi connectivity index (χ1v) is 14.1. The summed E-state index contributed by atoms with van der Waals surface area (Å²) >= 11 is 0. The van der Waals surface area contributed by atoms with Crippen LogP contribution in [-0.4, -0.2) is 64.8 Å². The van der Waals surface area contributed by atoms with Gasteiger partial charge in [-0.2, -0.15) is 0 Å². The Balaban J connectivity index is 1.78. The molecule has 0 radical (unpaired) electrons. The van der Waals surface area contributed by atoms with Crippen molar-refractivity contribution in [3.05, 3.63) is 65.6 Å². The molecular weight excluding hydrogens is 540 g/mol. The van der Waals surface area contributed by atoms with E-state index in [1.807, 2.05) is 18.2 Å². The summed E-state index contributed by atoms with van der Waals surface area (Å²) in [6.07, 6.45) is 6.91. The second-order valence-corrected chi connectivity index (χ2v) is 10.1. The number of ether oxygens (including phenoxy) is 5. The van der Waals surface area contributed by atoms with Crippen LogP contribution in [0, 0.1) is 0 Å². The van der Waals surface area contributed by atoms with Crippen LogP contribution in [0.3, 0.4) is 0 Å². The molecule has 42 heavy (non-hydrogen) atoms. The Morgan fingerprint density at radius 3 is 2.10 bits per heavy atom. The first-order valence-electron chi connectivity index (χ1n) is 14.1. The van der Waals surface area contributed by atoms with Gasteiger partial charge in [0.15, 0.2) is 28.8 Å². The second-order valence-electron chi connectivity index (χ2n) is 10.1. The van der Waals surface area contributed by atoms with E-state index in [0.29, 0.717) is 40.7 Å². The van der Waals surface area contributed by atoms with Crippen LogP contribution in [0.15, 0.2) is 53.1 Å². The maximum absolute atomic E-state index is 14.2. The summed E-state index contributed by atoms with van der Waals surface area (Å²) < 4.78 is 33.1. The largest absolute Gasteiger partial charge is 0.493 e. The van der Waals surface area contributed by atoms with Crippen molar-refractivity contribution in [1.29, 1.82) is 0 Å². The molecule has 0 aliphatic heterocycles. The molecule has 3 aromatic rings. The average Bonchev–Trinajstić information content (AvgIpc) is 3.57. The Labute approximate surface area is 246 Å². The van der Waals surface area contributed by atoms with Crippen molar-refractivity contribution in [2.24, 2.45) is 0 Å². The Hall–Kier alpha value is -4.34. The van der Waals surface area contributed by atoms with E-state index in [1.165, 1.54) is 32.5 Å². The van der Waals surface area contributed by atoms with Gasteiger partial charge in [-0.05, 0) is 66.8 Å².